The highest BCUT2D eigenvalue weighted by Gasteiger charge is 2.23. The van der Waals surface area contributed by atoms with E-state index in [-0.39, 0.29) is 11.8 Å². The first-order valence-electron chi connectivity index (χ1n) is 11.7. The lowest BCUT2D eigenvalue weighted by atomic mass is 10.0. The van der Waals surface area contributed by atoms with Gasteiger partial charge in [-0.1, -0.05) is 6.07 Å². The third-order valence-electron chi connectivity index (χ3n) is 7.00. The van der Waals surface area contributed by atoms with Gasteiger partial charge < -0.3 is 9.64 Å². The van der Waals surface area contributed by atoms with Crippen LogP contribution in [0, 0.1) is 6.92 Å². The number of fused-ring (bicyclic) bond motifs is 3. The summed E-state index contributed by atoms with van der Waals surface area (Å²) >= 11 is 0. The van der Waals surface area contributed by atoms with Gasteiger partial charge in [0.1, 0.15) is 5.82 Å². The molecule has 0 unspecified atom stereocenters. The third-order valence-corrected chi connectivity index (χ3v) is 7.00. The fourth-order valence-corrected chi connectivity index (χ4v) is 5.08. The summed E-state index contributed by atoms with van der Waals surface area (Å²) in [5.74, 6) is 0.960. The van der Waals surface area contributed by atoms with Gasteiger partial charge in [-0.15, -0.1) is 0 Å². The van der Waals surface area contributed by atoms with Gasteiger partial charge in [0.15, 0.2) is 0 Å². The van der Waals surface area contributed by atoms with Gasteiger partial charge in [0, 0.05) is 57.6 Å². The van der Waals surface area contributed by atoms with Gasteiger partial charge in [0.25, 0.3) is 0 Å². The van der Waals surface area contributed by atoms with Gasteiger partial charge in [0.2, 0.25) is 0 Å². The molecular weight excluding hydrogens is 442 g/mol. The zero-order valence-corrected chi connectivity index (χ0v) is 20.3. The highest BCUT2D eigenvalue weighted by Crippen LogP contribution is 2.31. The van der Waals surface area contributed by atoms with Crippen molar-refractivity contribution in [2.24, 2.45) is 14.1 Å². The lowest BCUT2D eigenvalue weighted by Crippen LogP contribution is -2.22. The number of aromatic nitrogens is 6. The minimum absolute atomic E-state index is 0.123. The Morgan fingerprint density at radius 3 is 2.57 bits per heavy atom. The topological polar surface area (TPSA) is 83.0 Å². The molecule has 0 spiro atoms. The van der Waals surface area contributed by atoms with E-state index in [1.807, 2.05) is 32.4 Å². The van der Waals surface area contributed by atoms with Crippen LogP contribution in [-0.2, 0) is 18.8 Å². The number of imidazole rings is 1. The predicted molar refractivity (Wildman–Crippen MR) is 136 cm³/mol. The predicted octanol–water partition coefficient (Wildman–Crippen LogP) is 3.21. The second-order valence-corrected chi connectivity index (χ2v) is 9.17. The fourth-order valence-electron chi connectivity index (χ4n) is 5.08. The van der Waals surface area contributed by atoms with Crippen molar-refractivity contribution in [2.45, 2.75) is 19.4 Å². The Morgan fingerprint density at radius 2 is 1.89 bits per heavy atom. The average molecular weight is 470 g/mol. The molecule has 0 bridgehead atoms. The lowest BCUT2D eigenvalue weighted by molar-refractivity contribution is 0.121. The Morgan fingerprint density at radius 1 is 1.06 bits per heavy atom. The molecule has 1 fully saturated rings. The molecule has 35 heavy (non-hydrogen) atoms. The average Bonchev–Trinajstić information content (AvgIpc) is 3.55. The molecule has 5 aromatic rings. The molecule has 4 aromatic heterocycles. The Balaban J connectivity index is 1.48. The molecule has 0 N–H and O–H groups in total. The maximum absolute atomic E-state index is 13.3. The van der Waals surface area contributed by atoms with E-state index in [0.717, 1.165) is 69.8 Å². The molecule has 178 valence electrons. The van der Waals surface area contributed by atoms with Gasteiger partial charge in [-0.3, -0.25) is 18.8 Å². The van der Waals surface area contributed by atoms with Crippen LogP contribution in [0.2, 0.25) is 0 Å². The van der Waals surface area contributed by atoms with E-state index in [0.29, 0.717) is 0 Å². The van der Waals surface area contributed by atoms with E-state index in [2.05, 4.69) is 39.2 Å². The van der Waals surface area contributed by atoms with Crippen LogP contribution in [0.5, 0.6) is 0 Å². The smallest absolute Gasteiger partial charge is 0.333 e. The van der Waals surface area contributed by atoms with E-state index in [1.165, 1.54) is 0 Å². The minimum Gasteiger partial charge on any atom is -0.380 e. The number of hydrogen-bond donors (Lipinski definition) is 0. The number of pyridine rings is 2. The van der Waals surface area contributed by atoms with Crippen LogP contribution in [0.1, 0.15) is 12.1 Å². The first-order chi connectivity index (χ1) is 16.9. The quantitative estimate of drug-likeness (QED) is 0.402. The van der Waals surface area contributed by atoms with Crippen LogP contribution >= 0.6 is 0 Å². The number of aryl methyl sites for hydroxylation is 3. The maximum Gasteiger partial charge on any atom is 0.333 e. The molecular formula is C26H27N7O2. The second kappa shape index (κ2) is 8.06. The van der Waals surface area contributed by atoms with E-state index in [4.69, 9.17) is 9.72 Å². The van der Waals surface area contributed by atoms with Crippen LogP contribution < -0.4 is 10.6 Å². The SMILES string of the molecule is CO[C@@H]1CCN(c2ccc(-c3ccc4ncc5c(c4c3)n(-c3cn(C)nc3C)c(=O)n5C)cn2)C1. The molecule has 0 radical (unpaired) electrons. The molecule has 1 saturated heterocycles. The lowest BCUT2D eigenvalue weighted by Gasteiger charge is -2.17. The summed E-state index contributed by atoms with van der Waals surface area (Å²) in [5.41, 5.74) is 5.90. The molecule has 1 atom stereocenters. The summed E-state index contributed by atoms with van der Waals surface area (Å²) in [6, 6.07) is 10.3. The number of methoxy groups -OCH3 is 1. The van der Waals surface area contributed by atoms with E-state index in [1.54, 1.807) is 34.2 Å². The summed E-state index contributed by atoms with van der Waals surface area (Å²) < 4.78 is 10.6. The van der Waals surface area contributed by atoms with Crippen molar-refractivity contribution in [3.63, 3.8) is 0 Å². The number of nitrogens with zero attached hydrogens (tertiary/aromatic N) is 7. The first-order valence-corrected chi connectivity index (χ1v) is 11.7. The largest absolute Gasteiger partial charge is 0.380 e. The number of anilines is 1. The maximum atomic E-state index is 13.3. The van der Waals surface area contributed by atoms with E-state index >= 15 is 0 Å². The molecule has 0 saturated carbocycles. The van der Waals surface area contributed by atoms with Crippen molar-refractivity contribution in [1.82, 2.24) is 28.9 Å². The summed E-state index contributed by atoms with van der Waals surface area (Å²) in [4.78, 5) is 24.9. The molecule has 5 heterocycles. The van der Waals surface area contributed by atoms with Crippen LogP contribution in [0.3, 0.4) is 0 Å². The number of rotatable bonds is 4. The van der Waals surface area contributed by atoms with Crippen molar-refractivity contribution in [3.8, 4) is 16.8 Å². The number of hydrogen-bond acceptors (Lipinski definition) is 6. The van der Waals surface area contributed by atoms with Gasteiger partial charge in [-0.25, -0.2) is 9.78 Å². The molecule has 6 rings (SSSR count). The first kappa shape index (κ1) is 21.5. The Labute approximate surface area is 202 Å². The second-order valence-electron chi connectivity index (χ2n) is 9.17. The minimum atomic E-state index is -0.123. The van der Waals surface area contributed by atoms with Crippen molar-refractivity contribution in [2.75, 3.05) is 25.1 Å². The monoisotopic (exact) mass is 469 g/mol. The van der Waals surface area contributed by atoms with Crippen LogP contribution in [0.4, 0.5) is 5.82 Å². The van der Waals surface area contributed by atoms with Gasteiger partial charge in [-0.2, -0.15) is 5.10 Å². The van der Waals surface area contributed by atoms with Crippen LogP contribution in [0.25, 0.3) is 38.8 Å². The molecule has 1 aliphatic rings. The highest BCUT2D eigenvalue weighted by atomic mass is 16.5. The normalized spacial score (nSPS) is 16.1. The van der Waals surface area contributed by atoms with Gasteiger partial charge in [-0.05, 0) is 43.2 Å². The summed E-state index contributed by atoms with van der Waals surface area (Å²) in [5, 5.41) is 5.36. The van der Waals surface area contributed by atoms with E-state index < -0.39 is 0 Å². The van der Waals surface area contributed by atoms with Crippen molar-refractivity contribution in [1.29, 1.82) is 0 Å². The summed E-state index contributed by atoms with van der Waals surface area (Å²) in [6.07, 6.45) is 6.83. The summed E-state index contributed by atoms with van der Waals surface area (Å²) in [7, 11) is 5.40. The van der Waals surface area contributed by atoms with E-state index in [9.17, 15) is 4.79 Å². The fraction of sp³-hybridized carbons (Fsp3) is 0.308. The molecule has 0 aliphatic carbocycles. The zero-order valence-electron chi connectivity index (χ0n) is 20.3. The number of ether oxygens (including phenoxy) is 1. The molecule has 1 aromatic carbocycles. The molecule has 1 aliphatic heterocycles. The Bertz CT molecular complexity index is 1630. The molecule has 9 nitrogen and oxygen atoms in total. The van der Waals surface area contributed by atoms with Crippen molar-refractivity contribution < 1.29 is 4.74 Å². The Hall–Kier alpha value is -3.98. The van der Waals surface area contributed by atoms with Crippen molar-refractivity contribution in [3.05, 3.63) is 65.1 Å². The third kappa shape index (κ3) is 3.42. The summed E-state index contributed by atoms with van der Waals surface area (Å²) in [6.45, 7) is 3.73. The van der Waals surface area contributed by atoms with Gasteiger partial charge in [0.05, 0.1) is 40.2 Å². The molecule has 0 amide bonds. The molecule has 9 heteroatoms. The van der Waals surface area contributed by atoms with Crippen molar-refractivity contribution >= 4 is 27.8 Å². The van der Waals surface area contributed by atoms with Crippen LogP contribution in [-0.4, -0.2) is 55.2 Å². The highest BCUT2D eigenvalue weighted by molar-refractivity contribution is 6.04. The number of benzene rings is 1. The standard InChI is InChI=1S/C26H27N7O2/c1-16-23(15-30(2)29-16)33-25-20-11-17(5-7-21(20)27-13-22(25)31(3)26(33)34)18-6-8-24(28-12-18)32-10-9-19(14-32)35-4/h5-8,11-13,15,19H,9-10,14H2,1-4H3/t19-/m1/s1. The van der Waals surface area contributed by atoms with Crippen LogP contribution in [0.15, 0.2) is 53.7 Å². The Kier molecular flexibility index (Phi) is 4.96. The van der Waals surface area contributed by atoms with Gasteiger partial charge >= 0.3 is 5.69 Å². The zero-order chi connectivity index (χ0) is 24.3.